The molecule has 0 aliphatic rings. The fourth-order valence-electron chi connectivity index (χ4n) is 1.28. The summed E-state index contributed by atoms with van der Waals surface area (Å²) in [6.45, 7) is 0.483. The first kappa shape index (κ1) is 11.7. The van der Waals surface area contributed by atoms with Crippen molar-refractivity contribution in [3.8, 4) is 0 Å². The standard InChI is InChI=1S/C10H10BrN5O/c11-7-2-1-4-12-9(7)10(17)13-5-3-8-14-6-15-16-8/h1-2,4,6H,3,5H2,(H,13,17)(H,14,15,16). The number of nitrogens with zero attached hydrogens (tertiary/aromatic N) is 3. The molecule has 0 aliphatic heterocycles. The summed E-state index contributed by atoms with van der Waals surface area (Å²) < 4.78 is 0.678. The fraction of sp³-hybridized carbons (Fsp3) is 0.200. The first-order valence-corrected chi connectivity index (χ1v) is 5.79. The van der Waals surface area contributed by atoms with Crippen LogP contribution >= 0.6 is 15.9 Å². The number of nitrogens with one attached hydrogen (secondary N) is 2. The molecule has 88 valence electrons. The number of aromatic nitrogens is 4. The van der Waals surface area contributed by atoms with Crippen LogP contribution in [0.2, 0.25) is 0 Å². The zero-order valence-electron chi connectivity index (χ0n) is 8.85. The van der Waals surface area contributed by atoms with Crippen LogP contribution in [-0.4, -0.2) is 32.6 Å². The predicted octanol–water partition coefficient (Wildman–Crippen LogP) is 0.935. The molecule has 0 saturated carbocycles. The van der Waals surface area contributed by atoms with Crippen molar-refractivity contribution in [3.05, 3.63) is 40.6 Å². The Balaban J connectivity index is 1.88. The topological polar surface area (TPSA) is 83.6 Å². The summed E-state index contributed by atoms with van der Waals surface area (Å²) in [4.78, 5) is 19.7. The van der Waals surface area contributed by atoms with Crippen molar-refractivity contribution in [1.82, 2.24) is 25.5 Å². The molecular formula is C10H10BrN5O. The zero-order valence-corrected chi connectivity index (χ0v) is 10.4. The summed E-state index contributed by atoms with van der Waals surface area (Å²) in [5.41, 5.74) is 0.380. The number of halogens is 1. The molecular weight excluding hydrogens is 286 g/mol. The molecule has 0 aromatic carbocycles. The van der Waals surface area contributed by atoms with Crippen LogP contribution in [0, 0.1) is 0 Å². The first-order chi connectivity index (χ1) is 8.27. The van der Waals surface area contributed by atoms with Gasteiger partial charge in [-0.3, -0.25) is 9.89 Å². The molecule has 0 unspecified atom stereocenters. The van der Waals surface area contributed by atoms with E-state index in [1.165, 1.54) is 6.33 Å². The number of rotatable bonds is 4. The van der Waals surface area contributed by atoms with Crippen LogP contribution in [0.3, 0.4) is 0 Å². The Labute approximate surface area is 106 Å². The molecule has 0 fully saturated rings. The zero-order chi connectivity index (χ0) is 12.1. The molecule has 2 aromatic rings. The Morgan fingerprint density at radius 2 is 2.35 bits per heavy atom. The van der Waals surface area contributed by atoms with Crippen LogP contribution in [0.1, 0.15) is 16.3 Å². The highest BCUT2D eigenvalue weighted by molar-refractivity contribution is 9.10. The second-order valence-corrected chi connectivity index (χ2v) is 4.13. The summed E-state index contributed by atoms with van der Waals surface area (Å²) in [6, 6.07) is 3.54. The quantitative estimate of drug-likeness (QED) is 0.879. The Hall–Kier alpha value is -1.76. The molecule has 0 spiro atoms. The van der Waals surface area contributed by atoms with Crippen LogP contribution in [-0.2, 0) is 6.42 Å². The highest BCUT2D eigenvalue weighted by Gasteiger charge is 2.10. The molecule has 0 atom stereocenters. The summed E-state index contributed by atoms with van der Waals surface area (Å²) in [5, 5.41) is 9.21. The van der Waals surface area contributed by atoms with E-state index < -0.39 is 0 Å². The Morgan fingerprint density at radius 3 is 3.06 bits per heavy atom. The molecule has 17 heavy (non-hydrogen) atoms. The maximum absolute atomic E-state index is 11.7. The number of H-pyrrole nitrogens is 1. The second-order valence-electron chi connectivity index (χ2n) is 3.27. The van der Waals surface area contributed by atoms with Gasteiger partial charge in [-0.25, -0.2) is 9.97 Å². The smallest absolute Gasteiger partial charge is 0.271 e. The molecule has 0 saturated heterocycles. The number of pyridine rings is 1. The summed E-state index contributed by atoms with van der Waals surface area (Å²) in [6.07, 6.45) is 3.62. The van der Waals surface area contributed by atoms with E-state index in [0.29, 0.717) is 23.1 Å². The third kappa shape index (κ3) is 3.10. The van der Waals surface area contributed by atoms with Gasteiger partial charge in [0, 0.05) is 23.6 Å². The lowest BCUT2D eigenvalue weighted by Crippen LogP contribution is -2.27. The predicted molar refractivity (Wildman–Crippen MR) is 64.4 cm³/mol. The number of carbonyl (C=O) groups is 1. The van der Waals surface area contributed by atoms with E-state index in [2.05, 4.69) is 41.4 Å². The highest BCUT2D eigenvalue weighted by atomic mass is 79.9. The van der Waals surface area contributed by atoms with E-state index in [0.717, 1.165) is 5.82 Å². The minimum Gasteiger partial charge on any atom is -0.350 e. The second kappa shape index (κ2) is 5.53. The van der Waals surface area contributed by atoms with Gasteiger partial charge in [0.1, 0.15) is 17.8 Å². The Morgan fingerprint density at radius 1 is 1.47 bits per heavy atom. The average Bonchev–Trinajstić information content (AvgIpc) is 2.82. The Kier molecular flexibility index (Phi) is 3.81. The molecule has 2 N–H and O–H groups in total. The van der Waals surface area contributed by atoms with Crippen LogP contribution < -0.4 is 5.32 Å². The van der Waals surface area contributed by atoms with Gasteiger partial charge in [-0.05, 0) is 28.1 Å². The molecule has 7 heteroatoms. The third-order valence-corrected chi connectivity index (χ3v) is 2.73. The van der Waals surface area contributed by atoms with Crippen molar-refractivity contribution < 1.29 is 4.79 Å². The third-order valence-electron chi connectivity index (χ3n) is 2.09. The monoisotopic (exact) mass is 295 g/mol. The van der Waals surface area contributed by atoms with Crippen LogP contribution in [0.5, 0.6) is 0 Å². The van der Waals surface area contributed by atoms with Gasteiger partial charge >= 0.3 is 0 Å². The van der Waals surface area contributed by atoms with Gasteiger partial charge in [-0.1, -0.05) is 0 Å². The van der Waals surface area contributed by atoms with Crippen LogP contribution in [0.25, 0.3) is 0 Å². The van der Waals surface area contributed by atoms with Gasteiger partial charge < -0.3 is 5.32 Å². The largest absolute Gasteiger partial charge is 0.350 e. The molecule has 2 rings (SSSR count). The first-order valence-electron chi connectivity index (χ1n) is 5.00. The maximum atomic E-state index is 11.7. The number of amides is 1. The molecule has 0 bridgehead atoms. The minimum absolute atomic E-state index is 0.211. The van der Waals surface area contributed by atoms with Crippen molar-refractivity contribution in [2.45, 2.75) is 6.42 Å². The van der Waals surface area contributed by atoms with Gasteiger partial charge in [-0.15, -0.1) is 0 Å². The van der Waals surface area contributed by atoms with E-state index >= 15 is 0 Å². The normalized spacial score (nSPS) is 10.2. The summed E-state index contributed by atoms with van der Waals surface area (Å²) >= 11 is 3.28. The molecule has 6 nitrogen and oxygen atoms in total. The van der Waals surface area contributed by atoms with E-state index in [1.54, 1.807) is 18.3 Å². The van der Waals surface area contributed by atoms with Crippen LogP contribution in [0.4, 0.5) is 0 Å². The van der Waals surface area contributed by atoms with Gasteiger partial charge in [0.25, 0.3) is 5.91 Å². The molecule has 2 heterocycles. The van der Waals surface area contributed by atoms with Crippen molar-refractivity contribution >= 4 is 21.8 Å². The Bertz CT molecular complexity index is 499. The van der Waals surface area contributed by atoms with Crippen molar-refractivity contribution in [3.63, 3.8) is 0 Å². The minimum atomic E-state index is -0.211. The average molecular weight is 296 g/mol. The van der Waals surface area contributed by atoms with E-state index in [-0.39, 0.29) is 5.91 Å². The van der Waals surface area contributed by atoms with E-state index in [4.69, 9.17) is 0 Å². The number of carbonyl (C=O) groups excluding carboxylic acids is 1. The van der Waals surface area contributed by atoms with E-state index in [9.17, 15) is 4.79 Å². The number of hydrogen-bond donors (Lipinski definition) is 2. The van der Waals surface area contributed by atoms with Gasteiger partial charge in [0.15, 0.2) is 0 Å². The summed E-state index contributed by atoms with van der Waals surface area (Å²) in [5.74, 6) is 0.530. The molecule has 0 radical (unpaired) electrons. The number of hydrogen-bond acceptors (Lipinski definition) is 4. The molecule has 1 amide bonds. The highest BCUT2D eigenvalue weighted by Crippen LogP contribution is 2.12. The summed E-state index contributed by atoms with van der Waals surface area (Å²) in [7, 11) is 0. The molecule has 0 aliphatic carbocycles. The lowest BCUT2D eigenvalue weighted by Gasteiger charge is -2.04. The SMILES string of the molecule is O=C(NCCc1ncn[nH]1)c1ncccc1Br. The van der Waals surface area contributed by atoms with Gasteiger partial charge in [0.05, 0.1) is 0 Å². The lowest BCUT2D eigenvalue weighted by molar-refractivity contribution is 0.0948. The number of aromatic amines is 1. The van der Waals surface area contributed by atoms with Gasteiger partial charge in [-0.2, -0.15) is 5.10 Å². The lowest BCUT2D eigenvalue weighted by atomic mass is 10.3. The van der Waals surface area contributed by atoms with Crippen molar-refractivity contribution in [1.29, 1.82) is 0 Å². The van der Waals surface area contributed by atoms with Crippen LogP contribution in [0.15, 0.2) is 29.1 Å². The fourth-order valence-corrected chi connectivity index (χ4v) is 1.72. The van der Waals surface area contributed by atoms with Crippen molar-refractivity contribution in [2.75, 3.05) is 6.54 Å². The van der Waals surface area contributed by atoms with Crippen molar-refractivity contribution in [2.24, 2.45) is 0 Å². The molecule has 2 aromatic heterocycles. The van der Waals surface area contributed by atoms with E-state index in [1.807, 2.05) is 0 Å². The maximum Gasteiger partial charge on any atom is 0.271 e. The van der Waals surface area contributed by atoms with Gasteiger partial charge in [0.2, 0.25) is 0 Å².